The third kappa shape index (κ3) is 3.46. The van der Waals surface area contributed by atoms with Crippen molar-refractivity contribution in [2.75, 3.05) is 0 Å². The summed E-state index contributed by atoms with van der Waals surface area (Å²) in [6.45, 7) is 4.51. The minimum Gasteiger partial charge on any atom is -0.465 e. The summed E-state index contributed by atoms with van der Waals surface area (Å²) >= 11 is 3.36. The molecule has 0 spiro atoms. The van der Waals surface area contributed by atoms with Gasteiger partial charge in [0.2, 0.25) is 0 Å². The standard InChI is InChI=1S/C14H15BrN2O3/c1-9-3-6-14(20-9)10(2)16-8-11-4-5-12(17(18)19)7-13(11)15/h3-7,10,16H,8H2,1-2H3. The Balaban J connectivity index is 2.02. The van der Waals surface area contributed by atoms with Crippen LogP contribution in [-0.2, 0) is 6.54 Å². The van der Waals surface area contributed by atoms with Gasteiger partial charge in [-0.15, -0.1) is 0 Å². The Morgan fingerprint density at radius 2 is 2.15 bits per heavy atom. The fourth-order valence-electron chi connectivity index (χ4n) is 1.84. The van der Waals surface area contributed by atoms with E-state index in [2.05, 4.69) is 21.2 Å². The molecule has 0 amide bonds. The van der Waals surface area contributed by atoms with Crippen molar-refractivity contribution in [1.82, 2.24) is 5.32 Å². The molecule has 6 heteroatoms. The Kier molecular flexibility index (Phi) is 4.57. The van der Waals surface area contributed by atoms with Crippen LogP contribution >= 0.6 is 15.9 Å². The van der Waals surface area contributed by atoms with E-state index < -0.39 is 4.92 Å². The number of nitrogens with zero attached hydrogens (tertiary/aromatic N) is 1. The molecule has 1 N–H and O–H groups in total. The second-order valence-electron chi connectivity index (χ2n) is 4.58. The van der Waals surface area contributed by atoms with E-state index >= 15 is 0 Å². The number of nitro groups is 1. The lowest BCUT2D eigenvalue weighted by molar-refractivity contribution is -0.384. The van der Waals surface area contributed by atoms with Crippen molar-refractivity contribution in [2.24, 2.45) is 0 Å². The monoisotopic (exact) mass is 338 g/mol. The van der Waals surface area contributed by atoms with Gasteiger partial charge >= 0.3 is 0 Å². The number of halogens is 1. The van der Waals surface area contributed by atoms with Gasteiger partial charge in [0.1, 0.15) is 11.5 Å². The highest BCUT2D eigenvalue weighted by Crippen LogP contribution is 2.24. The van der Waals surface area contributed by atoms with Crippen LogP contribution in [0.2, 0.25) is 0 Å². The van der Waals surface area contributed by atoms with Gasteiger partial charge in [0.05, 0.1) is 11.0 Å². The second-order valence-corrected chi connectivity index (χ2v) is 5.44. The zero-order valence-corrected chi connectivity index (χ0v) is 12.8. The summed E-state index contributed by atoms with van der Waals surface area (Å²) in [4.78, 5) is 10.3. The van der Waals surface area contributed by atoms with Gasteiger partial charge < -0.3 is 9.73 Å². The SMILES string of the molecule is Cc1ccc(C(C)NCc2ccc([N+](=O)[O-])cc2Br)o1. The first kappa shape index (κ1) is 14.7. The van der Waals surface area contributed by atoms with Gasteiger partial charge in [-0.05, 0) is 37.6 Å². The van der Waals surface area contributed by atoms with E-state index in [9.17, 15) is 10.1 Å². The molecule has 0 aliphatic heterocycles. The molecule has 2 rings (SSSR count). The highest BCUT2D eigenvalue weighted by molar-refractivity contribution is 9.10. The lowest BCUT2D eigenvalue weighted by Gasteiger charge is -2.12. The minimum absolute atomic E-state index is 0.0748. The summed E-state index contributed by atoms with van der Waals surface area (Å²) < 4.78 is 6.28. The maximum absolute atomic E-state index is 10.7. The van der Waals surface area contributed by atoms with Crippen molar-refractivity contribution in [3.63, 3.8) is 0 Å². The summed E-state index contributed by atoms with van der Waals surface area (Å²) in [6.07, 6.45) is 0. The van der Waals surface area contributed by atoms with Gasteiger partial charge in [-0.1, -0.05) is 15.9 Å². The Morgan fingerprint density at radius 3 is 2.70 bits per heavy atom. The van der Waals surface area contributed by atoms with Gasteiger partial charge in [-0.25, -0.2) is 0 Å². The quantitative estimate of drug-likeness (QED) is 0.657. The van der Waals surface area contributed by atoms with Crippen molar-refractivity contribution in [1.29, 1.82) is 0 Å². The number of nitro benzene ring substituents is 1. The van der Waals surface area contributed by atoms with Crippen LogP contribution < -0.4 is 5.32 Å². The van der Waals surface area contributed by atoms with Crippen molar-refractivity contribution in [3.05, 3.63) is 62.0 Å². The van der Waals surface area contributed by atoms with Crippen molar-refractivity contribution < 1.29 is 9.34 Å². The molecule has 1 aromatic heterocycles. The molecular weight excluding hydrogens is 324 g/mol. The maximum Gasteiger partial charge on any atom is 0.270 e. The largest absolute Gasteiger partial charge is 0.465 e. The van der Waals surface area contributed by atoms with Crippen LogP contribution in [0.4, 0.5) is 5.69 Å². The number of hydrogen-bond acceptors (Lipinski definition) is 4. The van der Waals surface area contributed by atoms with E-state index in [4.69, 9.17) is 4.42 Å². The molecule has 0 fully saturated rings. The van der Waals surface area contributed by atoms with Crippen LogP contribution in [0, 0.1) is 17.0 Å². The average Bonchev–Trinajstić information content (AvgIpc) is 2.83. The Labute approximate surface area is 125 Å². The molecule has 106 valence electrons. The number of furan rings is 1. The molecule has 1 heterocycles. The first-order valence-corrected chi connectivity index (χ1v) is 6.99. The third-order valence-corrected chi connectivity index (χ3v) is 3.77. The zero-order chi connectivity index (χ0) is 14.7. The summed E-state index contributed by atoms with van der Waals surface area (Å²) in [7, 11) is 0. The molecular formula is C14H15BrN2O3. The lowest BCUT2D eigenvalue weighted by atomic mass is 10.2. The van der Waals surface area contributed by atoms with Gasteiger partial charge in [-0.3, -0.25) is 10.1 Å². The molecule has 0 saturated carbocycles. The molecule has 5 nitrogen and oxygen atoms in total. The van der Waals surface area contributed by atoms with Gasteiger partial charge in [0.15, 0.2) is 0 Å². The molecule has 1 unspecified atom stereocenters. The van der Waals surface area contributed by atoms with Crippen LogP contribution in [0.25, 0.3) is 0 Å². The van der Waals surface area contributed by atoms with Crippen molar-refractivity contribution >= 4 is 21.6 Å². The predicted octanol–water partition coefficient (Wildman–Crippen LogP) is 4.11. The number of hydrogen-bond donors (Lipinski definition) is 1. The third-order valence-electron chi connectivity index (χ3n) is 3.03. The van der Waals surface area contributed by atoms with Crippen molar-refractivity contribution in [2.45, 2.75) is 26.4 Å². The normalized spacial score (nSPS) is 12.3. The van der Waals surface area contributed by atoms with E-state index in [0.717, 1.165) is 21.6 Å². The first-order valence-electron chi connectivity index (χ1n) is 6.20. The Morgan fingerprint density at radius 1 is 1.40 bits per heavy atom. The molecule has 2 aromatic rings. The molecule has 20 heavy (non-hydrogen) atoms. The fraction of sp³-hybridized carbons (Fsp3) is 0.286. The molecule has 0 aliphatic rings. The van der Waals surface area contributed by atoms with E-state index in [-0.39, 0.29) is 11.7 Å². The van der Waals surface area contributed by atoms with E-state index in [1.54, 1.807) is 6.07 Å². The summed E-state index contributed by atoms with van der Waals surface area (Å²) in [5.41, 5.74) is 1.04. The van der Waals surface area contributed by atoms with Crippen LogP contribution in [0.3, 0.4) is 0 Å². The predicted molar refractivity (Wildman–Crippen MR) is 79.5 cm³/mol. The molecule has 1 atom stereocenters. The Bertz CT molecular complexity index is 625. The molecule has 1 aromatic carbocycles. The minimum atomic E-state index is -0.407. The molecule has 0 bridgehead atoms. The summed E-state index contributed by atoms with van der Waals surface area (Å²) in [5.74, 6) is 1.76. The molecule has 0 aliphatic carbocycles. The number of non-ortho nitro benzene ring substituents is 1. The number of nitrogens with one attached hydrogen (secondary N) is 1. The topological polar surface area (TPSA) is 68.3 Å². The highest BCUT2D eigenvalue weighted by atomic mass is 79.9. The van der Waals surface area contributed by atoms with E-state index in [1.807, 2.05) is 26.0 Å². The van der Waals surface area contributed by atoms with E-state index in [0.29, 0.717) is 6.54 Å². The summed E-state index contributed by atoms with van der Waals surface area (Å²) in [5, 5.41) is 14.0. The first-order chi connectivity index (χ1) is 9.47. The van der Waals surface area contributed by atoms with Gasteiger partial charge in [0.25, 0.3) is 5.69 Å². The number of rotatable bonds is 5. The van der Waals surface area contributed by atoms with Crippen LogP contribution in [0.15, 0.2) is 39.2 Å². The average molecular weight is 339 g/mol. The molecule has 0 saturated heterocycles. The lowest BCUT2D eigenvalue weighted by Crippen LogP contribution is -2.17. The van der Waals surface area contributed by atoms with Gasteiger partial charge in [-0.2, -0.15) is 0 Å². The van der Waals surface area contributed by atoms with Crippen molar-refractivity contribution in [3.8, 4) is 0 Å². The zero-order valence-electron chi connectivity index (χ0n) is 11.2. The maximum atomic E-state index is 10.7. The smallest absolute Gasteiger partial charge is 0.270 e. The fourth-order valence-corrected chi connectivity index (χ4v) is 2.35. The number of benzene rings is 1. The van der Waals surface area contributed by atoms with Crippen LogP contribution in [0.1, 0.15) is 30.0 Å². The summed E-state index contributed by atoms with van der Waals surface area (Å²) in [6, 6.07) is 8.70. The second kappa shape index (κ2) is 6.19. The highest BCUT2D eigenvalue weighted by Gasteiger charge is 2.12. The number of aryl methyl sites for hydroxylation is 1. The van der Waals surface area contributed by atoms with Crippen LogP contribution in [-0.4, -0.2) is 4.92 Å². The van der Waals surface area contributed by atoms with Gasteiger partial charge in [0, 0.05) is 23.2 Å². The Hall–Kier alpha value is -1.66. The van der Waals surface area contributed by atoms with E-state index in [1.165, 1.54) is 12.1 Å². The van der Waals surface area contributed by atoms with Crippen LogP contribution in [0.5, 0.6) is 0 Å². The molecule has 0 radical (unpaired) electrons.